The van der Waals surface area contributed by atoms with Crippen molar-refractivity contribution in [3.8, 4) is 0 Å². The fourth-order valence-corrected chi connectivity index (χ4v) is 4.90. The van der Waals surface area contributed by atoms with Crippen molar-refractivity contribution in [1.29, 1.82) is 0 Å². The number of likely N-dealkylation sites (tertiary alicyclic amines) is 1. The van der Waals surface area contributed by atoms with E-state index in [1.54, 1.807) is 15.8 Å². The van der Waals surface area contributed by atoms with Gasteiger partial charge in [-0.05, 0) is 18.4 Å². The summed E-state index contributed by atoms with van der Waals surface area (Å²) in [6, 6.07) is 9.83. The van der Waals surface area contributed by atoms with Gasteiger partial charge in [-0.1, -0.05) is 51.1 Å². The van der Waals surface area contributed by atoms with Crippen molar-refractivity contribution in [3.05, 3.63) is 47.8 Å². The zero-order valence-electron chi connectivity index (χ0n) is 17.4. The average Bonchev–Trinajstić information content (AvgIpc) is 3.26. The molecule has 0 aliphatic carbocycles. The van der Waals surface area contributed by atoms with Crippen LogP contribution in [0, 0.1) is 0 Å². The fraction of sp³-hybridized carbons (Fsp3) is 0.524. The van der Waals surface area contributed by atoms with Gasteiger partial charge < -0.3 is 4.90 Å². The van der Waals surface area contributed by atoms with Gasteiger partial charge in [0.15, 0.2) is 0 Å². The number of nitrogens with one attached hydrogen (secondary N) is 1. The average molecular weight is 419 g/mol. The molecule has 1 amide bonds. The molecule has 8 heteroatoms. The van der Waals surface area contributed by atoms with Gasteiger partial charge in [-0.15, -0.1) is 0 Å². The molecule has 0 radical (unpaired) electrons. The van der Waals surface area contributed by atoms with E-state index in [0.29, 0.717) is 38.2 Å². The first-order valence-electron chi connectivity index (χ1n) is 10.1. The molecule has 1 saturated heterocycles. The minimum absolute atomic E-state index is 0.157. The lowest BCUT2D eigenvalue weighted by atomic mass is 9.92. The number of carbonyl (C=O) groups excluding carboxylic acids is 1. The van der Waals surface area contributed by atoms with Crippen molar-refractivity contribution in [2.24, 2.45) is 0 Å². The lowest BCUT2D eigenvalue weighted by Gasteiger charge is -2.18. The van der Waals surface area contributed by atoms with Crippen molar-refractivity contribution in [3.63, 3.8) is 0 Å². The number of rotatable bonds is 8. The molecule has 1 aromatic carbocycles. The second kappa shape index (κ2) is 8.67. The Morgan fingerprint density at radius 3 is 2.52 bits per heavy atom. The molecular formula is C21H30N4O3S. The van der Waals surface area contributed by atoms with Crippen LogP contribution < -0.4 is 4.72 Å². The smallest absolute Gasteiger partial charge is 0.243 e. The molecule has 0 bridgehead atoms. The summed E-state index contributed by atoms with van der Waals surface area (Å²) in [6.07, 6.45) is 3.69. The summed E-state index contributed by atoms with van der Waals surface area (Å²) >= 11 is 0. The van der Waals surface area contributed by atoms with E-state index in [2.05, 4.69) is 9.82 Å². The van der Waals surface area contributed by atoms with Crippen molar-refractivity contribution < 1.29 is 13.2 Å². The molecule has 1 aliphatic rings. The van der Waals surface area contributed by atoms with Crippen molar-refractivity contribution in [1.82, 2.24) is 19.4 Å². The van der Waals surface area contributed by atoms with Crippen LogP contribution in [0.1, 0.15) is 51.3 Å². The summed E-state index contributed by atoms with van der Waals surface area (Å²) in [5.41, 5.74) is 1.20. The Morgan fingerprint density at radius 2 is 1.90 bits per heavy atom. The molecule has 1 fully saturated rings. The predicted molar refractivity (Wildman–Crippen MR) is 112 cm³/mol. The molecule has 1 aliphatic heterocycles. The molecule has 0 spiro atoms. The van der Waals surface area contributed by atoms with E-state index in [4.69, 9.17) is 0 Å². The van der Waals surface area contributed by atoms with Crippen molar-refractivity contribution >= 4 is 15.9 Å². The van der Waals surface area contributed by atoms with E-state index in [1.807, 2.05) is 51.1 Å². The molecule has 158 valence electrons. The van der Waals surface area contributed by atoms with E-state index in [9.17, 15) is 13.2 Å². The summed E-state index contributed by atoms with van der Waals surface area (Å²) in [5.74, 6) is 0.157. The maximum absolute atomic E-state index is 13.0. The number of aromatic nitrogens is 2. The molecule has 2 heterocycles. The highest BCUT2D eigenvalue weighted by Gasteiger charge is 2.30. The van der Waals surface area contributed by atoms with Gasteiger partial charge in [0.25, 0.3) is 0 Å². The third-order valence-electron chi connectivity index (χ3n) is 4.98. The number of nitrogens with zero attached hydrogens (tertiary/aromatic N) is 3. The van der Waals surface area contributed by atoms with Crippen LogP contribution in [0.15, 0.2) is 41.4 Å². The first-order valence-corrected chi connectivity index (χ1v) is 11.5. The van der Waals surface area contributed by atoms with E-state index >= 15 is 0 Å². The number of hydrogen-bond donors (Lipinski definition) is 1. The van der Waals surface area contributed by atoms with Crippen molar-refractivity contribution in [2.75, 3.05) is 19.6 Å². The van der Waals surface area contributed by atoms with Crippen LogP contribution in [-0.2, 0) is 26.8 Å². The number of sulfonamides is 1. The molecule has 1 N–H and O–H groups in total. The SMILES string of the molecule is CC(C)(C)c1nn(Cc2ccccc2)cc1S(=O)(=O)NCCCN1CCCC1=O. The minimum atomic E-state index is -3.69. The lowest BCUT2D eigenvalue weighted by Crippen LogP contribution is -2.31. The third-order valence-corrected chi connectivity index (χ3v) is 6.45. The van der Waals surface area contributed by atoms with Crippen LogP contribution in [0.5, 0.6) is 0 Å². The van der Waals surface area contributed by atoms with E-state index < -0.39 is 15.4 Å². The summed E-state index contributed by atoms with van der Waals surface area (Å²) in [5, 5.41) is 4.59. The van der Waals surface area contributed by atoms with Gasteiger partial charge in [0.05, 0.1) is 12.2 Å². The quantitative estimate of drug-likeness (QED) is 0.668. The summed E-state index contributed by atoms with van der Waals surface area (Å²) in [7, 11) is -3.69. The molecule has 0 saturated carbocycles. The van der Waals surface area contributed by atoms with Gasteiger partial charge in [-0.25, -0.2) is 13.1 Å². The molecule has 1 aromatic heterocycles. The lowest BCUT2D eigenvalue weighted by molar-refractivity contribution is -0.127. The zero-order valence-corrected chi connectivity index (χ0v) is 18.2. The van der Waals surface area contributed by atoms with Gasteiger partial charge in [0.2, 0.25) is 15.9 Å². The second-order valence-electron chi connectivity index (χ2n) is 8.51. The third kappa shape index (κ3) is 5.45. The highest BCUT2D eigenvalue weighted by Crippen LogP contribution is 2.27. The molecule has 2 aromatic rings. The minimum Gasteiger partial charge on any atom is -0.343 e. The van der Waals surface area contributed by atoms with Gasteiger partial charge in [0.1, 0.15) is 4.90 Å². The highest BCUT2D eigenvalue weighted by molar-refractivity contribution is 7.89. The Hall–Kier alpha value is -2.19. The topological polar surface area (TPSA) is 84.3 Å². The standard InChI is InChI=1S/C21H30N4O3S/c1-21(2,3)20-18(16-25(23-20)15-17-9-5-4-6-10-17)29(27,28)22-12-8-14-24-13-7-11-19(24)26/h4-6,9-10,16,22H,7-8,11-15H2,1-3H3. The highest BCUT2D eigenvalue weighted by atomic mass is 32.2. The van der Waals surface area contributed by atoms with E-state index in [1.165, 1.54) is 0 Å². The van der Waals surface area contributed by atoms with Gasteiger partial charge in [-0.2, -0.15) is 5.10 Å². The van der Waals surface area contributed by atoms with E-state index in [0.717, 1.165) is 18.5 Å². The Morgan fingerprint density at radius 1 is 1.17 bits per heavy atom. The Labute approximate surface area is 173 Å². The van der Waals surface area contributed by atoms with Gasteiger partial charge >= 0.3 is 0 Å². The monoisotopic (exact) mass is 418 g/mol. The van der Waals surface area contributed by atoms with Gasteiger partial charge in [0, 0.05) is 37.7 Å². The second-order valence-corrected chi connectivity index (χ2v) is 10.2. The number of carbonyl (C=O) groups is 1. The molecule has 0 unspecified atom stereocenters. The van der Waals surface area contributed by atoms with Crippen LogP contribution in [0.4, 0.5) is 0 Å². The first kappa shape index (κ1) is 21.5. The molecule has 29 heavy (non-hydrogen) atoms. The summed E-state index contributed by atoms with van der Waals surface area (Å²) < 4.78 is 30.3. The molecule has 3 rings (SSSR count). The van der Waals surface area contributed by atoms with Crippen molar-refractivity contribution in [2.45, 2.75) is 56.9 Å². The number of amides is 1. The largest absolute Gasteiger partial charge is 0.343 e. The van der Waals surface area contributed by atoms with Crippen LogP contribution in [0.2, 0.25) is 0 Å². The van der Waals surface area contributed by atoms with E-state index in [-0.39, 0.29) is 10.8 Å². The first-order chi connectivity index (χ1) is 13.7. The molecule has 0 atom stereocenters. The van der Waals surface area contributed by atoms with Crippen LogP contribution in [-0.4, -0.2) is 48.6 Å². The Kier molecular flexibility index (Phi) is 6.43. The van der Waals surface area contributed by atoms with Crippen LogP contribution >= 0.6 is 0 Å². The summed E-state index contributed by atoms with van der Waals surface area (Å²) in [4.78, 5) is 13.7. The normalized spacial score (nSPS) is 15.3. The Balaban J connectivity index is 1.71. The maximum Gasteiger partial charge on any atom is 0.243 e. The van der Waals surface area contributed by atoms with Crippen LogP contribution in [0.25, 0.3) is 0 Å². The zero-order chi connectivity index (χ0) is 21.1. The maximum atomic E-state index is 13.0. The molecule has 7 nitrogen and oxygen atoms in total. The number of hydrogen-bond acceptors (Lipinski definition) is 4. The number of benzene rings is 1. The molecular weight excluding hydrogens is 388 g/mol. The van der Waals surface area contributed by atoms with Gasteiger partial charge in [-0.3, -0.25) is 9.48 Å². The fourth-order valence-electron chi connectivity index (χ4n) is 3.47. The Bertz CT molecular complexity index is 946. The predicted octanol–water partition coefficient (Wildman–Crippen LogP) is 2.52. The van der Waals surface area contributed by atoms with Crippen LogP contribution in [0.3, 0.4) is 0 Å². The summed E-state index contributed by atoms with van der Waals surface area (Å²) in [6.45, 7) is 8.03.